The van der Waals surface area contributed by atoms with Crippen LogP contribution in [-0.4, -0.2) is 5.11 Å². The fourth-order valence-corrected chi connectivity index (χ4v) is 3.03. The maximum atomic E-state index is 13.5. The maximum absolute atomic E-state index is 13.5. The van der Waals surface area contributed by atoms with Gasteiger partial charge in [-0.05, 0) is 40.8 Å². The number of phenols is 1. The fraction of sp³-hybridized carbons (Fsp3) is 0.538. The Morgan fingerprint density at radius 3 is 2.37 bits per heavy atom. The predicted octanol–water partition coefficient (Wildman–Crippen LogP) is 4.43. The van der Waals surface area contributed by atoms with Gasteiger partial charge in [-0.15, -0.1) is 12.4 Å². The molecule has 6 heteroatoms. The molecule has 1 aromatic carbocycles. The van der Waals surface area contributed by atoms with Crippen LogP contribution >= 0.6 is 28.3 Å². The summed E-state index contributed by atoms with van der Waals surface area (Å²) in [5.41, 5.74) is 6.37. The molecule has 0 radical (unpaired) electrons. The molecule has 2 nitrogen and oxygen atoms in total. The topological polar surface area (TPSA) is 46.2 Å². The first-order valence-electron chi connectivity index (χ1n) is 6.14. The molecule has 1 saturated carbocycles. The zero-order chi connectivity index (χ0) is 13.3. The summed E-state index contributed by atoms with van der Waals surface area (Å²) in [6, 6.07) is 0.934. The van der Waals surface area contributed by atoms with E-state index in [0.717, 1.165) is 25.7 Å². The zero-order valence-electron chi connectivity index (χ0n) is 10.3. The lowest BCUT2D eigenvalue weighted by Gasteiger charge is -2.28. The van der Waals surface area contributed by atoms with Crippen LogP contribution in [0.2, 0.25) is 0 Å². The van der Waals surface area contributed by atoms with Crippen LogP contribution in [0.25, 0.3) is 0 Å². The Morgan fingerprint density at radius 2 is 1.79 bits per heavy atom. The van der Waals surface area contributed by atoms with Gasteiger partial charge < -0.3 is 10.8 Å². The van der Waals surface area contributed by atoms with Crippen molar-refractivity contribution in [2.45, 2.75) is 38.1 Å². The molecule has 0 aromatic heterocycles. The van der Waals surface area contributed by atoms with Crippen molar-refractivity contribution in [2.75, 3.05) is 0 Å². The Kier molecular flexibility index (Phi) is 6.02. The third kappa shape index (κ3) is 3.38. The molecule has 0 unspecified atom stereocenters. The van der Waals surface area contributed by atoms with Crippen LogP contribution in [0.3, 0.4) is 0 Å². The average molecular weight is 357 g/mol. The summed E-state index contributed by atoms with van der Waals surface area (Å²) >= 11 is 2.94. The summed E-state index contributed by atoms with van der Waals surface area (Å²) in [4.78, 5) is 0. The van der Waals surface area contributed by atoms with Gasteiger partial charge in [-0.25, -0.2) is 4.39 Å². The minimum atomic E-state index is -1.23. The summed E-state index contributed by atoms with van der Waals surface area (Å²) < 4.78 is 26.7. The van der Waals surface area contributed by atoms with Crippen molar-refractivity contribution in [3.63, 3.8) is 0 Å². The van der Waals surface area contributed by atoms with Crippen molar-refractivity contribution in [1.82, 2.24) is 0 Å². The monoisotopic (exact) mass is 355 g/mol. The van der Waals surface area contributed by atoms with E-state index in [1.807, 2.05) is 0 Å². The molecule has 0 heterocycles. The second kappa shape index (κ2) is 6.86. The maximum Gasteiger partial charge on any atom is 0.201 e. The summed E-state index contributed by atoms with van der Waals surface area (Å²) in [5.74, 6) is -2.74. The number of aromatic hydroxyl groups is 1. The van der Waals surface area contributed by atoms with Gasteiger partial charge in [-0.3, -0.25) is 0 Å². The van der Waals surface area contributed by atoms with E-state index in [0.29, 0.717) is 0 Å². The van der Waals surface area contributed by atoms with Gasteiger partial charge in [0.15, 0.2) is 11.6 Å². The predicted molar refractivity (Wildman–Crippen MR) is 76.5 cm³/mol. The van der Waals surface area contributed by atoms with Crippen LogP contribution < -0.4 is 5.73 Å². The smallest absolute Gasteiger partial charge is 0.201 e. The molecular formula is C13H17BrClF2NO. The Bertz CT molecular complexity index is 453. The van der Waals surface area contributed by atoms with Crippen LogP contribution in [0.5, 0.6) is 5.75 Å². The van der Waals surface area contributed by atoms with Gasteiger partial charge in [0.1, 0.15) is 0 Å². The molecule has 3 N–H and O–H groups in total. The van der Waals surface area contributed by atoms with Crippen LogP contribution in [-0.2, 0) is 0 Å². The molecule has 0 spiro atoms. The molecule has 0 bridgehead atoms. The number of phenolic OH excluding ortho intramolecular Hbond substituents is 1. The Hall–Kier alpha value is -0.390. The van der Waals surface area contributed by atoms with Gasteiger partial charge >= 0.3 is 0 Å². The van der Waals surface area contributed by atoms with Gasteiger partial charge in [-0.2, -0.15) is 4.39 Å². The number of hydrogen-bond donors (Lipinski definition) is 2. The first kappa shape index (κ1) is 16.7. The number of hydrogen-bond acceptors (Lipinski definition) is 2. The minimum Gasteiger partial charge on any atom is -0.505 e. The van der Waals surface area contributed by atoms with E-state index in [-0.39, 0.29) is 28.4 Å². The number of nitrogens with two attached hydrogens (primary N) is 1. The van der Waals surface area contributed by atoms with Gasteiger partial charge in [0, 0.05) is 11.6 Å². The molecule has 1 aliphatic carbocycles. The van der Waals surface area contributed by atoms with Gasteiger partial charge in [-0.1, -0.05) is 19.3 Å². The Morgan fingerprint density at radius 1 is 1.21 bits per heavy atom. The van der Waals surface area contributed by atoms with Gasteiger partial charge in [0.05, 0.1) is 4.47 Å². The summed E-state index contributed by atoms with van der Waals surface area (Å²) in [6.45, 7) is 0. The second-order valence-electron chi connectivity index (χ2n) is 4.85. The molecule has 2 rings (SSSR count). The summed E-state index contributed by atoms with van der Waals surface area (Å²) in [6.07, 6.45) is 5.33. The average Bonchev–Trinajstić information content (AvgIpc) is 2.41. The highest BCUT2D eigenvalue weighted by Gasteiger charge is 2.27. The highest BCUT2D eigenvalue weighted by Crippen LogP contribution is 2.39. The summed E-state index contributed by atoms with van der Waals surface area (Å²) in [5, 5.41) is 9.69. The Balaban J connectivity index is 0.00000180. The van der Waals surface area contributed by atoms with E-state index in [2.05, 4.69) is 15.9 Å². The van der Waals surface area contributed by atoms with E-state index in [1.54, 1.807) is 0 Å². The molecule has 0 amide bonds. The van der Waals surface area contributed by atoms with Crippen molar-refractivity contribution in [3.05, 3.63) is 27.7 Å². The van der Waals surface area contributed by atoms with E-state index >= 15 is 0 Å². The number of benzene rings is 1. The highest BCUT2D eigenvalue weighted by molar-refractivity contribution is 9.10. The molecule has 1 atom stereocenters. The minimum absolute atomic E-state index is 0. The van der Waals surface area contributed by atoms with Crippen molar-refractivity contribution in [1.29, 1.82) is 0 Å². The molecule has 108 valence electrons. The summed E-state index contributed by atoms with van der Waals surface area (Å²) in [7, 11) is 0. The molecule has 1 aromatic rings. The first-order valence-corrected chi connectivity index (χ1v) is 6.93. The second-order valence-corrected chi connectivity index (χ2v) is 5.70. The van der Waals surface area contributed by atoms with Crippen LogP contribution in [0.15, 0.2) is 10.5 Å². The van der Waals surface area contributed by atoms with Crippen molar-refractivity contribution in [3.8, 4) is 5.75 Å². The van der Waals surface area contributed by atoms with Crippen molar-refractivity contribution in [2.24, 2.45) is 11.7 Å². The SMILES string of the molecule is Cl.N[C@H](c1cc(Br)c(F)c(F)c1O)C1CCCCC1. The van der Waals surface area contributed by atoms with Crippen molar-refractivity contribution >= 4 is 28.3 Å². The third-order valence-corrected chi connectivity index (χ3v) is 4.26. The fourth-order valence-electron chi connectivity index (χ4n) is 2.61. The lowest BCUT2D eigenvalue weighted by Crippen LogP contribution is -2.24. The van der Waals surface area contributed by atoms with Crippen molar-refractivity contribution < 1.29 is 13.9 Å². The van der Waals surface area contributed by atoms with Crippen LogP contribution in [0.1, 0.15) is 43.7 Å². The number of halogens is 4. The zero-order valence-corrected chi connectivity index (χ0v) is 12.7. The normalized spacial score (nSPS) is 17.9. The van der Waals surface area contributed by atoms with Crippen LogP contribution in [0.4, 0.5) is 8.78 Å². The van der Waals surface area contributed by atoms with Gasteiger partial charge in [0.25, 0.3) is 0 Å². The van der Waals surface area contributed by atoms with E-state index in [4.69, 9.17) is 5.73 Å². The highest BCUT2D eigenvalue weighted by atomic mass is 79.9. The molecule has 0 saturated heterocycles. The van der Waals surface area contributed by atoms with E-state index in [9.17, 15) is 13.9 Å². The largest absolute Gasteiger partial charge is 0.505 e. The molecule has 1 aliphatic rings. The lowest BCUT2D eigenvalue weighted by atomic mass is 9.81. The van der Waals surface area contributed by atoms with Gasteiger partial charge in [0.2, 0.25) is 5.82 Å². The lowest BCUT2D eigenvalue weighted by molar-refractivity contribution is 0.299. The number of rotatable bonds is 2. The van der Waals surface area contributed by atoms with E-state index in [1.165, 1.54) is 12.5 Å². The standard InChI is InChI=1S/C13H16BrF2NO.ClH/c14-9-6-8(13(18)11(16)10(9)15)12(17)7-4-2-1-3-5-7;/h6-7,12,18H,1-5,17H2;1H/t12-;/m0./s1. The molecule has 0 aliphatic heterocycles. The quantitative estimate of drug-likeness (QED) is 0.770. The first-order chi connectivity index (χ1) is 8.52. The molecule has 19 heavy (non-hydrogen) atoms. The van der Waals surface area contributed by atoms with E-state index < -0.39 is 23.4 Å². The third-order valence-electron chi connectivity index (χ3n) is 3.68. The molecule has 1 fully saturated rings. The van der Waals surface area contributed by atoms with Crippen LogP contribution in [0, 0.1) is 17.6 Å². The molecular weight excluding hydrogens is 340 g/mol. The Labute approximate surface area is 125 Å².